The number of aliphatic hydroxyl groups is 5. The normalized spacial score (nSPS) is 16.4. The van der Waals surface area contributed by atoms with Crippen LogP contribution < -0.4 is 25.2 Å². The number of phosphoric acid groups is 1. The second-order valence-corrected chi connectivity index (χ2v) is 28.8. The zero-order chi connectivity index (χ0) is 66.6. The largest absolute Gasteiger partial charge is 0.501 e. The van der Waals surface area contributed by atoms with Gasteiger partial charge in [0, 0.05) is 95.3 Å². The van der Waals surface area contributed by atoms with Crippen molar-refractivity contribution in [2.24, 2.45) is 5.92 Å². The van der Waals surface area contributed by atoms with E-state index in [0.717, 1.165) is 45.2 Å². The summed E-state index contributed by atoms with van der Waals surface area (Å²) in [6.45, 7) is 9.14. The molecule has 3 heterocycles. The monoisotopic (exact) mass is 1370 g/mol. The molecule has 6 aromatic rings. The number of nitrogens with one attached hydrogen (secondary N) is 3. The molecule has 30 heteroatoms. The minimum Gasteiger partial charge on any atom is -0.478 e. The average Bonchev–Trinajstić information content (AvgIpc) is 1.71. The van der Waals surface area contributed by atoms with Gasteiger partial charge in [0.25, 0.3) is 19.9 Å². The Kier molecular flexibility index (Phi) is 25.5. The molecule has 0 bridgehead atoms. The zero-order valence-corrected chi connectivity index (χ0v) is 54.5. The highest BCUT2D eigenvalue weighted by molar-refractivity contribution is 7.99. The van der Waals surface area contributed by atoms with Crippen molar-refractivity contribution in [3.05, 3.63) is 138 Å². The number of hydrogen-bond donors (Lipinski definition) is 11. The highest BCUT2D eigenvalue weighted by Gasteiger charge is 2.48. The van der Waals surface area contributed by atoms with E-state index in [1.165, 1.54) is 23.9 Å². The summed E-state index contributed by atoms with van der Waals surface area (Å²) in [6.07, 6.45) is -4.10. The van der Waals surface area contributed by atoms with Gasteiger partial charge in [-0.1, -0.05) is 54.1 Å². The maximum Gasteiger partial charge on any atom is 0.501 e. The van der Waals surface area contributed by atoms with Gasteiger partial charge in [0.15, 0.2) is 0 Å². The molecule has 0 spiro atoms. The Morgan fingerprint density at radius 2 is 1.41 bits per heavy atom. The van der Waals surface area contributed by atoms with Crippen molar-refractivity contribution in [2.45, 2.75) is 96.7 Å². The molecule has 8 rings (SSSR count). The highest BCUT2D eigenvalue weighted by atomic mass is 35.5. The predicted octanol–water partition coefficient (Wildman–Crippen LogP) is 7.91. The smallest absolute Gasteiger partial charge is 0.478 e. The summed E-state index contributed by atoms with van der Waals surface area (Å²) in [5.74, 6) is -0.795. The van der Waals surface area contributed by atoms with Crippen molar-refractivity contribution >= 4 is 79.8 Å². The molecular formula is C61H78ClF3N7O15PS3. The summed E-state index contributed by atoms with van der Waals surface area (Å²) in [7, 11) is -13.8. The van der Waals surface area contributed by atoms with Gasteiger partial charge in [0.1, 0.15) is 23.2 Å². The number of thioether (sulfide) groups is 1. The molecule has 0 saturated carbocycles. The van der Waals surface area contributed by atoms with Gasteiger partial charge in [0.05, 0.1) is 41.2 Å². The fourth-order valence-corrected chi connectivity index (χ4v) is 14.5. The van der Waals surface area contributed by atoms with Gasteiger partial charge in [-0.3, -0.25) is 9.25 Å². The standard InChI is InChI=1S/C54H61ClF3N6O10PS3.C7H17NO5/c1-36(2)64-37(3)50(53(65)66)51(52(64)39-12-14-41(55)15-13-39)40-8-7-9-45(32-40)63-30-28-62(29-31-63)44-18-16-42(17-19-44)60-78(72,73)47-20-21-48(49(33-47)77(70,71)54(56,57)58)59-43(35-76-46-10-5-4-6-11-46)24-27-61-25-22-38(23-26-61)34-74-75(67,68)69;1-8-2-4(10)6(12)7(13)5(11)3-9/h4-21,32-33,36,38,43,59-60H,22-31,34-35H2,1-3H3,(H,65,66)(H2,67,68,69);4-13H,2-3H2,1H3/t43-;4-,5+,6+,7+/m10/s1. The maximum absolute atomic E-state index is 14.4. The molecule has 0 radical (unpaired) electrons. The van der Waals surface area contributed by atoms with Gasteiger partial charge in [-0.25, -0.2) is 26.2 Å². The lowest BCUT2D eigenvalue weighted by molar-refractivity contribution is -0.113. The van der Waals surface area contributed by atoms with Gasteiger partial charge in [-0.05, 0) is 156 Å². The van der Waals surface area contributed by atoms with Gasteiger partial charge in [-0.15, -0.1) is 11.8 Å². The first-order valence-electron chi connectivity index (χ1n) is 29.2. The lowest BCUT2D eigenvalue weighted by atomic mass is 9.96. The second kappa shape index (κ2) is 31.9. The van der Waals surface area contributed by atoms with E-state index in [9.17, 15) is 49.6 Å². The maximum atomic E-state index is 14.4. The van der Waals surface area contributed by atoms with E-state index in [1.807, 2.05) is 92.1 Å². The van der Waals surface area contributed by atoms with Gasteiger partial charge in [-0.2, -0.15) is 13.2 Å². The van der Waals surface area contributed by atoms with Crippen molar-refractivity contribution in [2.75, 3.05) is 98.2 Å². The minimum atomic E-state index is -6.08. The number of aromatic carboxylic acids is 1. The Balaban J connectivity index is 0.000000811. The van der Waals surface area contributed by atoms with E-state index in [0.29, 0.717) is 93.2 Å². The van der Waals surface area contributed by atoms with Gasteiger partial charge < -0.3 is 70.3 Å². The number of benzene rings is 5. The Morgan fingerprint density at radius 3 is 1.98 bits per heavy atom. The number of aliphatic hydroxyl groups excluding tert-OH is 5. The molecule has 11 N–H and O–H groups in total. The molecule has 22 nitrogen and oxygen atoms in total. The summed E-state index contributed by atoms with van der Waals surface area (Å²) >= 11 is 7.66. The molecule has 498 valence electrons. The fraction of sp³-hybridized carbons (Fsp3) is 0.426. The van der Waals surface area contributed by atoms with Gasteiger partial charge in [0.2, 0.25) is 0 Å². The number of sulfonamides is 1. The Labute approximate surface area is 536 Å². The van der Waals surface area contributed by atoms with E-state index in [-0.39, 0.29) is 36.4 Å². The van der Waals surface area contributed by atoms with Crippen LogP contribution in [0, 0.1) is 12.8 Å². The average molecular weight is 1370 g/mol. The molecule has 2 saturated heterocycles. The third-order valence-corrected chi connectivity index (χ3v) is 20.5. The van der Waals surface area contributed by atoms with Crippen LogP contribution in [0.4, 0.5) is 35.9 Å². The number of alkyl halides is 3. The summed E-state index contributed by atoms with van der Waals surface area (Å²) in [4.78, 5) is 36.5. The fourth-order valence-electron chi connectivity index (χ4n) is 10.9. The third-order valence-electron chi connectivity index (χ3n) is 15.7. The van der Waals surface area contributed by atoms with Crippen LogP contribution in [-0.4, -0.2) is 187 Å². The number of phosphoric ester groups is 1. The van der Waals surface area contributed by atoms with E-state index >= 15 is 0 Å². The number of anilines is 4. The molecule has 0 amide bonds. The first-order valence-corrected chi connectivity index (χ1v) is 35.1. The zero-order valence-electron chi connectivity index (χ0n) is 50.4. The summed E-state index contributed by atoms with van der Waals surface area (Å²) in [5.41, 5.74) is -0.562. The molecule has 2 aliphatic rings. The number of likely N-dealkylation sites (tertiary alicyclic amines) is 1. The number of piperidine rings is 1. The SMILES string of the molecule is CNC[C@H](O)[C@@H](O)[C@H](O)[C@H](O)CO.Cc1c(C(=O)O)c(-c2cccc(N3CCN(c4ccc(NS(=O)(=O)c5ccc(N[C@H](CCN6CCC(COP(=O)(O)O)CC6)CSc6ccccc6)c(S(=O)(=O)C(F)(F)F)c5)cc4)CC3)c2)c(-c2ccc(Cl)cc2)n1C(C)C. The van der Waals surface area contributed by atoms with Crippen molar-refractivity contribution in [1.82, 2.24) is 14.8 Å². The van der Waals surface area contributed by atoms with Crippen molar-refractivity contribution in [3.8, 4) is 22.4 Å². The Bertz CT molecular complexity index is 3650. The van der Waals surface area contributed by atoms with Crippen LogP contribution in [-0.2, 0) is 28.9 Å². The van der Waals surface area contributed by atoms with Crippen LogP contribution in [0.3, 0.4) is 0 Å². The number of aromatic nitrogens is 1. The Hall–Kier alpha value is -5.79. The van der Waals surface area contributed by atoms with Crippen LogP contribution in [0.5, 0.6) is 0 Å². The molecule has 2 fully saturated rings. The van der Waals surface area contributed by atoms with Crippen LogP contribution in [0.1, 0.15) is 55.2 Å². The quantitative estimate of drug-likeness (QED) is 0.0172. The third kappa shape index (κ3) is 19.2. The molecule has 91 heavy (non-hydrogen) atoms. The number of piperazine rings is 1. The molecule has 5 aromatic carbocycles. The van der Waals surface area contributed by atoms with Crippen molar-refractivity contribution in [1.29, 1.82) is 0 Å². The molecule has 5 atom stereocenters. The van der Waals surface area contributed by atoms with Crippen molar-refractivity contribution < 1.29 is 84.3 Å². The Morgan fingerprint density at radius 1 is 0.791 bits per heavy atom. The van der Waals surface area contributed by atoms with E-state index in [2.05, 4.69) is 34.6 Å². The van der Waals surface area contributed by atoms with Crippen LogP contribution >= 0.6 is 31.2 Å². The van der Waals surface area contributed by atoms with E-state index in [1.54, 1.807) is 31.3 Å². The second-order valence-electron chi connectivity index (χ2n) is 22.4. The molecule has 1 aromatic heterocycles. The highest BCUT2D eigenvalue weighted by Crippen LogP contribution is 2.43. The number of likely N-dealkylation sites (N-methyl/N-ethyl adjacent to an activating group) is 1. The lowest BCUT2D eigenvalue weighted by Crippen LogP contribution is -2.48. The number of hydrogen-bond acceptors (Lipinski definition) is 18. The molecule has 0 unspecified atom stereocenters. The lowest BCUT2D eigenvalue weighted by Gasteiger charge is -2.37. The molecular weight excluding hydrogens is 1290 g/mol. The van der Waals surface area contributed by atoms with Crippen molar-refractivity contribution in [3.63, 3.8) is 0 Å². The number of nitrogens with zero attached hydrogens (tertiary/aromatic N) is 4. The van der Waals surface area contributed by atoms with Crippen LogP contribution in [0.15, 0.2) is 136 Å². The predicted molar refractivity (Wildman–Crippen MR) is 345 cm³/mol. The number of carbonyl (C=O) groups is 1. The van der Waals surface area contributed by atoms with E-state index < -0.39 is 91.7 Å². The number of carboxylic acid groups (broad SMARTS) is 1. The summed E-state index contributed by atoms with van der Waals surface area (Å²) in [6, 6.07) is 32.8. The first kappa shape index (κ1) is 72.6. The summed E-state index contributed by atoms with van der Waals surface area (Å²) < 4.78 is 118. The topological polar surface area (TPSA) is 324 Å². The number of rotatable bonds is 27. The van der Waals surface area contributed by atoms with E-state index in [4.69, 9.17) is 41.8 Å². The van der Waals surface area contributed by atoms with Crippen LogP contribution in [0.2, 0.25) is 5.02 Å². The minimum absolute atomic E-state index is 0.0415. The number of sulfone groups is 1. The molecule has 2 aliphatic heterocycles. The first-order chi connectivity index (χ1) is 42.9. The summed E-state index contributed by atoms with van der Waals surface area (Å²) in [5, 5.41) is 61.6. The molecule has 0 aliphatic carbocycles. The number of halogens is 4. The number of carboxylic acids is 1. The van der Waals surface area contributed by atoms with Gasteiger partial charge >= 0.3 is 19.3 Å². The van der Waals surface area contributed by atoms with Crippen LogP contribution in [0.25, 0.3) is 22.4 Å².